The van der Waals surface area contributed by atoms with Crippen molar-refractivity contribution in [1.29, 1.82) is 0 Å². The van der Waals surface area contributed by atoms with Crippen LogP contribution in [0, 0.1) is 3.95 Å². The van der Waals surface area contributed by atoms with Crippen LogP contribution in [0.2, 0.25) is 0 Å². The number of fused-ring (bicyclic) bond motifs is 3. The number of aromatic nitrogens is 2. The maximum absolute atomic E-state index is 9.96. The molecule has 0 amide bonds. The zero-order valence-electron chi connectivity index (χ0n) is 19.0. The number of H-pyrrole nitrogens is 1. The van der Waals surface area contributed by atoms with Gasteiger partial charge in [0.15, 0.2) is 8.29 Å². The minimum absolute atomic E-state index is 0.152. The molecule has 2 aromatic heterocycles. The molecule has 2 saturated carbocycles. The third kappa shape index (κ3) is 6.47. The van der Waals surface area contributed by atoms with Crippen molar-refractivity contribution in [2.24, 2.45) is 0 Å². The van der Waals surface area contributed by atoms with Crippen molar-refractivity contribution in [2.45, 2.75) is 79.3 Å². The summed E-state index contributed by atoms with van der Waals surface area (Å²) in [5, 5.41) is 10.3. The molecule has 2 aromatic carbocycles. The first kappa shape index (κ1) is 24.4. The number of aliphatic hydroxyl groups excluding tert-OH is 1. The zero-order chi connectivity index (χ0) is 23.3. The molecule has 0 spiro atoms. The first-order valence-electron chi connectivity index (χ1n) is 12.1. The van der Waals surface area contributed by atoms with Gasteiger partial charge in [0, 0.05) is 5.25 Å². The molecule has 3 heterocycles. The van der Waals surface area contributed by atoms with E-state index in [0.717, 1.165) is 38.6 Å². The Morgan fingerprint density at radius 3 is 2.26 bits per heavy atom. The first-order chi connectivity index (χ1) is 16.7. The maximum Gasteiger partial charge on any atom is 0.159 e. The molecule has 0 radical (unpaired) electrons. The van der Waals surface area contributed by atoms with Gasteiger partial charge in [-0.1, -0.05) is 61.7 Å². The van der Waals surface area contributed by atoms with Crippen molar-refractivity contribution in [1.82, 2.24) is 9.97 Å². The molecule has 4 nitrogen and oxygen atoms in total. The van der Waals surface area contributed by atoms with Crippen molar-refractivity contribution in [2.75, 3.05) is 0 Å². The van der Waals surface area contributed by atoms with E-state index >= 15 is 0 Å². The highest BCUT2D eigenvalue weighted by molar-refractivity contribution is 8.01. The molecule has 4 unspecified atom stereocenters. The second-order valence-electron chi connectivity index (χ2n) is 8.96. The molecule has 8 heteroatoms. The Kier molecular flexibility index (Phi) is 8.35. The largest absolute Gasteiger partial charge is 0.392 e. The summed E-state index contributed by atoms with van der Waals surface area (Å²) in [4.78, 5) is 7.70. The number of thiazole rings is 2. The molecule has 3 fully saturated rings. The van der Waals surface area contributed by atoms with Crippen molar-refractivity contribution in [3.63, 3.8) is 0 Å². The summed E-state index contributed by atoms with van der Waals surface area (Å²) in [6, 6.07) is 16.3. The molecular formula is C26H30N2O2S4. The molecule has 34 heavy (non-hydrogen) atoms. The van der Waals surface area contributed by atoms with Gasteiger partial charge in [-0.15, -0.1) is 22.7 Å². The van der Waals surface area contributed by atoms with Gasteiger partial charge in [-0.05, 0) is 62.2 Å². The lowest BCUT2D eigenvalue weighted by Gasteiger charge is -2.25. The Balaban J connectivity index is 0.000000119. The first-order valence-corrected chi connectivity index (χ1v) is 15.0. The Morgan fingerprint density at radius 2 is 1.56 bits per heavy atom. The van der Waals surface area contributed by atoms with Crippen LogP contribution in [0.1, 0.15) is 51.4 Å². The van der Waals surface area contributed by atoms with E-state index < -0.39 is 0 Å². The van der Waals surface area contributed by atoms with Crippen LogP contribution < -0.4 is 0 Å². The van der Waals surface area contributed by atoms with Crippen LogP contribution in [-0.4, -0.2) is 38.6 Å². The van der Waals surface area contributed by atoms with Crippen LogP contribution in [0.25, 0.3) is 20.4 Å². The lowest BCUT2D eigenvalue weighted by molar-refractivity contribution is 0.137. The molecule has 4 atom stereocenters. The number of thioether (sulfide) groups is 1. The Labute approximate surface area is 217 Å². The highest BCUT2D eigenvalue weighted by atomic mass is 32.2. The maximum atomic E-state index is 9.96. The topological polar surface area (TPSA) is 61.4 Å². The summed E-state index contributed by atoms with van der Waals surface area (Å²) in [6.07, 6.45) is 11.2. The molecule has 180 valence electrons. The Bertz CT molecular complexity index is 1190. The lowest BCUT2D eigenvalue weighted by Crippen LogP contribution is -2.26. The average Bonchev–Trinajstić information content (AvgIpc) is 3.38. The fourth-order valence-electron chi connectivity index (χ4n) is 4.52. The molecular weight excluding hydrogens is 501 g/mol. The summed E-state index contributed by atoms with van der Waals surface area (Å²) in [5.74, 6) is 0. The van der Waals surface area contributed by atoms with E-state index in [9.17, 15) is 5.11 Å². The van der Waals surface area contributed by atoms with Crippen LogP contribution in [0.15, 0.2) is 52.9 Å². The number of hydrogen-bond acceptors (Lipinski definition) is 7. The molecule has 0 bridgehead atoms. The second-order valence-corrected chi connectivity index (χ2v) is 13.2. The monoisotopic (exact) mass is 530 g/mol. The summed E-state index contributed by atoms with van der Waals surface area (Å²) >= 11 is 10.1. The molecule has 2 aliphatic carbocycles. The van der Waals surface area contributed by atoms with Gasteiger partial charge in [0.2, 0.25) is 0 Å². The number of nitrogens with zero attached hydrogens (tertiary/aromatic N) is 1. The predicted molar refractivity (Wildman–Crippen MR) is 148 cm³/mol. The number of epoxide rings is 1. The number of para-hydroxylation sites is 2. The summed E-state index contributed by atoms with van der Waals surface area (Å²) < 4.78 is 9.69. The highest BCUT2D eigenvalue weighted by Crippen LogP contribution is 2.38. The van der Waals surface area contributed by atoms with E-state index in [2.05, 4.69) is 22.1 Å². The van der Waals surface area contributed by atoms with Crippen LogP contribution in [0.4, 0.5) is 0 Å². The number of aliphatic hydroxyl groups is 1. The Morgan fingerprint density at radius 1 is 0.882 bits per heavy atom. The van der Waals surface area contributed by atoms with Gasteiger partial charge in [0.1, 0.15) is 0 Å². The van der Waals surface area contributed by atoms with Gasteiger partial charge < -0.3 is 14.8 Å². The molecule has 2 N–H and O–H groups in total. The van der Waals surface area contributed by atoms with E-state index in [0.29, 0.717) is 17.5 Å². The SMILES string of the molecule is C1CCC2OC2C1.OC1CCCCC1Sc1nc2ccccc2s1.S=c1[nH]c2ccccc2s1. The second kappa shape index (κ2) is 11.6. The normalized spacial score (nSPS) is 25.6. The molecule has 4 aromatic rings. The van der Waals surface area contributed by atoms with E-state index in [4.69, 9.17) is 17.0 Å². The molecule has 3 aliphatic rings. The number of hydrogen-bond donors (Lipinski definition) is 2. The van der Waals surface area contributed by atoms with Crippen LogP contribution in [-0.2, 0) is 4.74 Å². The minimum Gasteiger partial charge on any atom is -0.392 e. The van der Waals surface area contributed by atoms with Crippen LogP contribution >= 0.6 is 46.7 Å². The number of ether oxygens (including phenoxy) is 1. The van der Waals surface area contributed by atoms with Crippen molar-refractivity contribution in [3.8, 4) is 0 Å². The van der Waals surface area contributed by atoms with Crippen LogP contribution in [0.5, 0.6) is 0 Å². The van der Waals surface area contributed by atoms with Gasteiger partial charge >= 0.3 is 0 Å². The van der Waals surface area contributed by atoms with E-state index in [-0.39, 0.29) is 6.10 Å². The number of aromatic amines is 1. The van der Waals surface area contributed by atoms with Crippen LogP contribution in [0.3, 0.4) is 0 Å². The zero-order valence-corrected chi connectivity index (χ0v) is 22.3. The highest BCUT2D eigenvalue weighted by Gasteiger charge is 2.39. The third-order valence-electron chi connectivity index (χ3n) is 6.44. The molecule has 7 rings (SSSR count). The van der Waals surface area contributed by atoms with Crippen molar-refractivity contribution >= 4 is 67.1 Å². The fraction of sp³-hybridized carbons (Fsp3) is 0.462. The number of rotatable bonds is 2. The van der Waals surface area contributed by atoms with Gasteiger partial charge in [-0.25, -0.2) is 4.98 Å². The van der Waals surface area contributed by atoms with E-state index in [1.54, 1.807) is 34.4 Å². The summed E-state index contributed by atoms with van der Waals surface area (Å²) in [5.41, 5.74) is 2.21. The lowest BCUT2D eigenvalue weighted by atomic mass is 9.97. The standard InChI is InChI=1S/C13H15NOS2.C7H5NS2.C6H10O/c15-10-6-2-4-8-12(10)17-13-14-9-5-1-3-7-11(9)16-13;9-7-8-5-3-1-2-4-6(5)10-7;1-2-4-6-5(3-1)7-6/h1,3,5,7,10,12,15H,2,4,6,8H2;1-4H,(H,8,9);5-6H,1-4H2. The number of benzene rings is 2. The number of nitrogens with one attached hydrogen (secondary N) is 1. The van der Waals surface area contributed by atoms with Crippen molar-refractivity contribution < 1.29 is 9.84 Å². The summed E-state index contributed by atoms with van der Waals surface area (Å²) in [7, 11) is 0. The fourth-order valence-corrected chi connectivity index (χ4v) is 8.15. The summed E-state index contributed by atoms with van der Waals surface area (Å²) in [6.45, 7) is 0. The van der Waals surface area contributed by atoms with E-state index in [1.807, 2.05) is 36.4 Å². The Hall–Kier alpha value is -1.29. The predicted octanol–water partition coefficient (Wildman–Crippen LogP) is 7.98. The molecule has 1 saturated heterocycles. The third-order valence-corrected chi connectivity index (χ3v) is 10.2. The molecule has 1 aliphatic heterocycles. The van der Waals surface area contributed by atoms with Crippen molar-refractivity contribution in [3.05, 3.63) is 52.5 Å². The van der Waals surface area contributed by atoms with Gasteiger partial charge in [-0.2, -0.15) is 0 Å². The minimum atomic E-state index is -0.152. The van der Waals surface area contributed by atoms with Gasteiger partial charge in [0.25, 0.3) is 0 Å². The smallest absolute Gasteiger partial charge is 0.159 e. The van der Waals surface area contributed by atoms with Gasteiger partial charge in [-0.3, -0.25) is 0 Å². The van der Waals surface area contributed by atoms with Gasteiger partial charge in [0.05, 0.1) is 38.7 Å². The quantitative estimate of drug-likeness (QED) is 0.203. The van der Waals surface area contributed by atoms with E-state index in [1.165, 1.54) is 41.5 Å². The average molecular weight is 531 g/mol.